The zero-order valence-electron chi connectivity index (χ0n) is 10.00. The van der Waals surface area contributed by atoms with Crippen LogP contribution in [0.25, 0.3) is 0 Å². The van der Waals surface area contributed by atoms with E-state index in [1.54, 1.807) is 12.1 Å². The maximum atomic E-state index is 11.5. The van der Waals surface area contributed by atoms with Gasteiger partial charge in [-0.05, 0) is 19.1 Å². The molecular weight excluding hydrogens is 252 g/mol. The average molecular weight is 265 g/mol. The lowest BCUT2D eigenvalue weighted by atomic mass is 10.1. The van der Waals surface area contributed by atoms with Gasteiger partial charge in [-0.2, -0.15) is 0 Å². The van der Waals surface area contributed by atoms with E-state index in [2.05, 4.69) is 11.9 Å². The van der Waals surface area contributed by atoms with Crippen LogP contribution in [0.5, 0.6) is 0 Å². The average Bonchev–Trinajstić information content (AvgIpc) is 2.62. The molecule has 1 aliphatic rings. The summed E-state index contributed by atoms with van der Waals surface area (Å²) in [7, 11) is 0. The van der Waals surface area contributed by atoms with Crippen molar-refractivity contribution in [3.05, 3.63) is 35.4 Å². The first-order chi connectivity index (χ1) is 8.58. The van der Waals surface area contributed by atoms with Crippen molar-refractivity contribution in [2.45, 2.75) is 6.92 Å². The summed E-state index contributed by atoms with van der Waals surface area (Å²) in [5.41, 5.74) is 1.64. The van der Waals surface area contributed by atoms with Gasteiger partial charge in [-0.3, -0.25) is 9.59 Å². The van der Waals surface area contributed by atoms with Crippen LogP contribution in [-0.2, 0) is 4.79 Å². The number of carbonyl (C=O) groups excluding carboxylic acids is 2. The highest BCUT2D eigenvalue weighted by Gasteiger charge is 2.29. The normalized spacial score (nSPS) is 13.2. The number of hydrogen-bond donors (Lipinski definition) is 1. The lowest BCUT2D eigenvalue weighted by molar-refractivity contribution is -0.112. The molecule has 0 saturated heterocycles. The second-order valence-electron chi connectivity index (χ2n) is 3.96. The van der Waals surface area contributed by atoms with Crippen LogP contribution in [0.4, 0.5) is 11.4 Å². The van der Waals surface area contributed by atoms with Crippen molar-refractivity contribution in [2.24, 2.45) is 0 Å². The smallest absolute Gasteiger partial charge is 0.296 e. The molecule has 1 aromatic rings. The Kier molecular flexibility index (Phi) is 3.39. The van der Waals surface area contributed by atoms with Crippen LogP contribution in [-0.4, -0.2) is 24.8 Å². The summed E-state index contributed by atoms with van der Waals surface area (Å²) in [6.45, 7) is 7.09. The highest BCUT2D eigenvalue weighted by Crippen LogP contribution is 2.34. The van der Waals surface area contributed by atoms with Gasteiger partial charge in [0.05, 0.1) is 22.0 Å². The first kappa shape index (κ1) is 12.6. The number of anilines is 2. The maximum Gasteiger partial charge on any atom is 0.296 e. The predicted molar refractivity (Wildman–Crippen MR) is 72.5 cm³/mol. The Labute approximate surface area is 110 Å². The number of fused-ring (bicyclic) bond motifs is 1. The molecule has 5 heteroatoms. The van der Waals surface area contributed by atoms with Crippen molar-refractivity contribution in [1.82, 2.24) is 0 Å². The molecule has 2 rings (SSSR count). The van der Waals surface area contributed by atoms with Crippen LogP contribution in [0.3, 0.4) is 0 Å². The number of halogens is 1. The fourth-order valence-electron chi connectivity index (χ4n) is 1.95. The predicted octanol–water partition coefficient (Wildman–Crippen LogP) is 2.49. The lowest BCUT2D eigenvalue weighted by Crippen LogP contribution is -2.22. The number of benzene rings is 1. The molecule has 0 saturated carbocycles. The van der Waals surface area contributed by atoms with Gasteiger partial charge in [0, 0.05) is 13.1 Å². The number of Topliss-reactive ketones (excluding diaryl/α,β-unsaturated/α-hetero) is 1. The molecule has 94 valence electrons. The topological polar surface area (TPSA) is 49.4 Å². The standard InChI is InChI=1S/C13H13ClN2O2/c1-3-5-16(4-2)11-7-10-8(6-9(11)14)12(17)13(18)15-10/h3,6-7H,1,4-5H2,2H3,(H,15,17,18). The van der Waals surface area contributed by atoms with Gasteiger partial charge >= 0.3 is 0 Å². The van der Waals surface area contributed by atoms with Gasteiger partial charge in [-0.1, -0.05) is 17.7 Å². The number of likely N-dealkylation sites (N-methyl/N-ethyl adjacent to an activating group) is 1. The van der Waals surface area contributed by atoms with Crippen LogP contribution in [0.1, 0.15) is 17.3 Å². The third-order valence-corrected chi connectivity index (χ3v) is 3.16. The van der Waals surface area contributed by atoms with Crippen molar-refractivity contribution in [1.29, 1.82) is 0 Å². The summed E-state index contributed by atoms with van der Waals surface area (Å²) in [6.07, 6.45) is 1.77. The number of rotatable bonds is 4. The van der Waals surface area contributed by atoms with Gasteiger partial charge in [0.25, 0.3) is 11.7 Å². The van der Waals surface area contributed by atoms with E-state index in [-0.39, 0.29) is 0 Å². The Hall–Kier alpha value is -1.81. The molecule has 0 spiro atoms. The minimum atomic E-state index is -0.606. The molecule has 1 heterocycles. The Morgan fingerprint density at radius 1 is 1.44 bits per heavy atom. The Balaban J connectivity index is 2.46. The van der Waals surface area contributed by atoms with E-state index in [1.165, 1.54) is 6.07 Å². The highest BCUT2D eigenvalue weighted by molar-refractivity contribution is 6.52. The number of hydrogen-bond acceptors (Lipinski definition) is 3. The number of amides is 1. The summed E-state index contributed by atoms with van der Waals surface area (Å²) >= 11 is 6.16. The molecule has 1 aromatic carbocycles. The molecule has 1 N–H and O–H groups in total. The molecule has 1 aliphatic heterocycles. The number of carbonyl (C=O) groups is 2. The Morgan fingerprint density at radius 2 is 2.17 bits per heavy atom. The van der Waals surface area contributed by atoms with E-state index in [0.29, 0.717) is 22.8 Å². The molecule has 0 atom stereocenters. The number of nitrogens with zero attached hydrogens (tertiary/aromatic N) is 1. The third-order valence-electron chi connectivity index (χ3n) is 2.86. The zero-order chi connectivity index (χ0) is 13.3. The van der Waals surface area contributed by atoms with E-state index < -0.39 is 11.7 Å². The third kappa shape index (κ3) is 1.99. The van der Waals surface area contributed by atoms with Crippen LogP contribution in [0.15, 0.2) is 24.8 Å². The van der Waals surface area contributed by atoms with Crippen molar-refractivity contribution in [3.8, 4) is 0 Å². The molecule has 4 nitrogen and oxygen atoms in total. The summed E-state index contributed by atoms with van der Waals surface area (Å²) < 4.78 is 0. The fraction of sp³-hybridized carbons (Fsp3) is 0.231. The minimum absolute atomic E-state index is 0.336. The van der Waals surface area contributed by atoms with E-state index in [0.717, 1.165) is 12.2 Å². The van der Waals surface area contributed by atoms with Crippen LogP contribution in [0.2, 0.25) is 5.02 Å². The van der Waals surface area contributed by atoms with E-state index >= 15 is 0 Å². The van der Waals surface area contributed by atoms with Gasteiger partial charge in [0.2, 0.25) is 0 Å². The van der Waals surface area contributed by atoms with Crippen molar-refractivity contribution in [2.75, 3.05) is 23.3 Å². The molecule has 0 unspecified atom stereocenters. The summed E-state index contributed by atoms with van der Waals surface area (Å²) in [5, 5.41) is 3.00. The molecule has 0 aliphatic carbocycles. The molecule has 0 aromatic heterocycles. The largest absolute Gasteiger partial charge is 0.367 e. The van der Waals surface area contributed by atoms with Crippen molar-refractivity contribution in [3.63, 3.8) is 0 Å². The van der Waals surface area contributed by atoms with Gasteiger partial charge in [0.1, 0.15) is 0 Å². The lowest BCUT2D eigenvalue weighted by Gasteiger charge is -2.23. The van der Waals surface area contributed by atoms with E-state index in [1.807, 2.05) is 11.8 Å². The molecule has 0 bridgehead atoms. The number of ketones is 1. The zero-order valence-corrected chi connectivity index (χ0v) is 10.8. The SMILES string of the molecule is C=CCN(CC)c1cc2c(cc1Cl)C(=O)C(=O)N2. The van der Waals surface area contributed by atoms with Gasteiger partial charge in [-0.15, -0.1) is 6.58 Å². The molecule has 0 radical (unpaired) electrons. The van der Waals surface area contributed by atoms with E-state index in [4.69, 9.17) is 11.6 Å². The molecule has 1 amide bonds. The molecule has 0 fully saturated rings. The number of nitrogens with one attached hydrogen (secondary N) is 1. The highest BCUT2D eigenvalue weighted by atomic mass is 35.5. The van der Waals surface area contributed by atoms with Gasteiger partial charge in [-0.25, -0.2) is 0 Å². The molecule has 18 heavy (non-hydrogen) atoms. The quantitative estimate of drug-likeness (QED) is 0.671. The minimum Gasteiger partial charge on any atom is -0.367 e. The van der Waals surface area contributed by atoms with Gasteiger partial charge < -0.3 is 10.2 Å². The Bertz CT molecular complexity index is 540. The van der Waals surface area contributed by atoms with Crippen LogP contribution >= 0.6 is 11.6 Å². The first-order valence-corrected chi connectivity index (χ1v) is 6.01. The fourth-order valence-corrected chi connectivity index (χ4v) is 2.23. The summed E-state index contributed by atoms with van der Waals surface area (Å²) in [6, 6.07) is 3.27. The summed E-state index contributed by atoms with van der Waals surface area (Å²) in [4.78, 5) is 24.8. The monoisotopic (exact) mass is 264 g/mol. The second kappa shape index (κ2) is 4.82. The second-order valence-corrected chi connectivity index (χ2v) is 4.37. The first-order valence-electron chi connectivity index (χ1n) is 5.63. The van der Waals surface area contributed by atoms with Crippen LogP contribution < -0.4 is 10.2 Å². The van der Waals surface area contributed by atoms with Crippen LogP contribution in [0, 0.1) is 0 Å². The van der Waals surface area contributed by atoms with Crippen molar-refractivity contribution < 1.29 is 9.59 Å². The van der Waals surface area contributed by atoms with Crippen molar-refractivity contribution >= 4 is 34.7 Å². The maximum absolute atomic E-state index is 11.5. The molecular formula is C13H13ClN2O2. The Morgan fingerprint density at radius 3 is 2.78 bits per heavy atom. The van der Waals surface area contributed by atoms with Gasteiger partial charge in [0.15, 0.2) is 0 Å². The van der Waals surface area contributed by atoms with E-state index in [9.17, 15) is 9.59 Å². The summed E-state index contributed by atoms with van der Waals surface area (Å²) in [5.74, 6) is -1.14.